The number of rotatable bonds is 0. The van der Waals surface area contributed by atoms with Crippen LogP contribution in [-0.2, 0) is 9.63 Å². The Balaban J connectivity index is 2.35. The first-order chi connectivity index (χ1) is 4.86. The van der Waals surface area contributed by atoms with Crippen molar-refractivity contribution in [3.8, 4) is 0 Å². The third kappa shape index (κ3) is 0.632. The molecule has 0 atom stereocenters. The molecule has 0 aromatic carbocycles. The van der Waals surface area contributed by atoms with Crippen molar-refractivity contribution in [2.45, 2.75) is 6.42 Å². The third-order valence-electron chi connectivity index (χ3n) is 1.32. The Kier molecular flexibility index (Phi) is 0.904. The molecule has 0 saturated heterocycles. The van der Waals surface area contributed by atoms with Crippen LogP contribution in [-0.4, -0.2) is 11.8 Å². The predicted molar refractivity (Wildman–Crippen MR) is 32.9 cm³/mol. The fourth-order valence-electron chi connectivity index (χ4n) is 0.879. The van der Waals surface area contributed by atoms with E-state index in [-0.39, 0.29) is 5.91 Å². The summed E-state index contributed by atoms with van der Waals surface area (Å²) in [7, 11) is 0. The number of nitrogens with zero attached hydrogens (tertiary/aromatic N) is 1. The largest absolute Gasteiger partial charge is 0.330 e. The Hall–Kier alpha value is -1.54. The number of nitrogens with one attached hydrogen (secondary N) is 1. The molecule has 2 aliphatic rings. The van der Waals surface area contributed by atoms with Crippen LogP contribution in [0.3, 0.4) is 0 Å². The van der Waals surface area contributed by atoms with Crippen LogP contribution in [0.15, 0.2) is 22.7 Å². The van der Waals surface area contributed by atoms with E-state index < -0.39 is 0 Å². The normalized spacial score (nSPS) is 20.6. The van der Waals surface area contributed by atoms with E-state index in [1.165, 1.54) is 0 Å². The van der Waals surface area contributed by atoms with E-state index in [0.717, 1.165) is 5.57 Å². The Morgan fingerprint density at radius 2 is 2.70 bits per heavy atom. The molecule has 2 rings (SSSR count). The van der Waals surface area contributed by atoms with Crippen molar-refractivity contribution in [2.24, 2.45) is 5.16 Å². The molecule has 2 aliphatic heterocycles. The van der Waals surface area contributed by atoms with Crippen molar-refractivity contribution in [3.63, 3.8) is 0 Å². The van der Waals surface area contributed by atoms with Crippen molar-refractivity contribution < 1.29 is 9.63 Å². The van der Waals surface area contributed by atoms with Gasteiger partial charge in [0.2, 0.25) is 11.8 Å². The number of allylic oxidation sites excluding steroid dienone is 1. The minimum absolute atomic E-state index is 0.0554. The number of hydrogen-bond donors (Lipinski definition) is 1. The van der Waals surface area contributed by atoms with Gasteiger partial charge in [-0.1, -0.05) is 0 Å². The maximum atomic E-state index is 10.7. The fraction of sp³-hybridized carbons (Fsp3) is 0.167. The minimum atomic E-state index is -0.0554. The highest BCUT2D eigenvalue weighted by Gasteiger charge is 2.22. The summed E-state index contributed by atoms with van der Waals surface area (Å²) in [6.45, 7) is 0. The number of carbonyl (C=O) groups is 1. The smallest absolute Gasteiger partial charge is 0.234 e. The monoisotopic (exact) mass is 136 g/mol. The maximum Gasteiger partial charge on any atom is 0.234 e. The molecule has 0 spiro atoms. The lowest BCUT2D eigenvalue weighted by Crippen LogP contribution is -2.15. The molecule has 2 heterocycles. The minimum Gasteiger partial charge on any atom is -0.330 e. The summed E-state index contributed by atoms with van der Waals surface area (Å²) in [5.41, 5.74) is 0.819. The van der Waals surface area contributed by atoms with Gasteiger partial charge in [0.05, 0.1) is 6.42 Å². The molecule has 4 nitrogen and oxygen atoms in total. The SMILES string of the molecule is O=C1CC2=C(N1)ON=C=C2. The standard InChI is InChI=1S/C6H4N2O2/c9-5-3-4-1-2-7-10-6(4)8-5/h1H,3H2,(H,8,9). The van der Waals surface area contributed by atoms with E-state index in [4.69, 9.17) is 4.84 Å². The predicted octanol–water partition coefficient (Wildman–Crippen LogP) is -0.111. The van der Waals surface area contributed by atoms with E-state index >= 15 is 0 Å². The van der Waals surface area contributed by atoms with Gasteiger partial charge in [0.15, 0.2) is 0 Å². The highest BCUT2D eigenvalue weighted by atomic mass is 16.6. The Morgan fingerprint density at radius 3 is 3.50 bits per heavy atom. The molecule has 50 valence electrons. The van der Waals surface area contributed by atoms with Crippen molar-refractivity contribution in [3.05, 3.63) is 17.5 Å². The highest BCUT2D eigenvalue weighted by molar-refractivity contribution is 5.85. The molecule has 0 bridgehead atoms. The van der Waals surface area contributed by atoms with Gasteiger partial charge in [-0.05, 0) is 5.16 Å². The molecule has 0 aromatic heterocycles. The van der Waals surface area contributed by atoms with E-state index in [9.17, 15) is 4.79 Å². The zero-order chi connectivity index (χ0) is 6.97. The molecule has 1 N–H and O–H groups in total. The van der Waals surface area contributed by atoms with Crippen LogP contribution in [0.4, 0.5) is 0 Å². The van der Waals surface area contributed by atoms with Crippen LogP contribution in [0.2, 0.25) is 0 Å². The van der Waals surface area contributed by atoms with Crippen LogP contribution >= 0.6 is 0 Å². The van der Waals surface area contributed by atoms with Crippen molar-refractivity contribution in [2.75, 3.05) is 0 Å². The van der Waals surface area contributed by atoms with Gasteiger partial charge in [0, 0.05) is 17.5 Å². The molecule has 1 amide bonds. The maximum absolute atomic E-state index is 10.7. The van der Waals surface area contributed by atoms with Crippen molar-refractivity contribution in [1.82, 2.24) is 5.32 Å². The van der Waals surface area contributed by atoms with Crippen LogP contribution in [0.25, 0.3) is 0 Å². The van der Waals surface area contributed by atoms with E-state index in [2.05, 4.69) is 16.3 Å². The summed E-state index contributed by atoms with van der Waals surface area (Å²) in [5.74, 6) is 2.90. The first-order valence-corrected chi connectivity index (χ1v) is 2.85. The average Bonchev–Trinajstić information content (AvgIpc) is 2.27. The van der Waals surface area contributed by atoms with Crippen LogP contribution < -0.4 is 5.32 Å². The van der Waals surface area contributed by atoms with Gasteiger partial charge in [0.25, 0.3) is 0 Å². The lowest BCUT2D eigenvalue weighted by Gasteiger charge is -1.99. The molecule has 10 heavy (non-hydrogen) atoms. The summed E-state index contributed by atoms with van der Waals surface area (Å²) in [6.07, 6.45) is 2.01. The van der Waals surface area contributed by atoms with Gasteiger partial charge < -0.3 is 4.84 Å². The van der Waals surface area contributed by atoms with Crippen LogP contribution in [0.1, 0.15) is 6.42 Å². The van der Waals surface area contributed by atoms with Gasteiger partial charge >= 0.3 is 0 Å². The van der Waals surface area contributed by atoms with Crippen LogP contribution in [0, 0.1) is 0 Å². The molecule has 4 heteroatoms. The van der Waals surface area contributed by atoms with Gasteiger partial charge in [-0.3, -0.25) is 10.1 Å². The molecule has 0 fully saturated rings. The molecule has 0 saturated carbocycles. The number of amides is 1. The first-order valence-electron chi connectivity index (χ1n) is 2.85. The summed E-state index contributed by atoms with van der Waals surface area (Å²) in [4.78, 5) is 15.4. The second kappa shape index (κ2) is 1.72. The van der Waals surface area contributed by atoms with Crippen molar-refractivity contribution >= 4 is 11.8 Å². The highest BCUT2D eigenvalue weighted by Crippen LogP contribution is 2.17. The topological polar surface area (TPSA) is 50.7 Å². The third-order valence-corrected chi connectivity index (χ3v) is 1.32. The van der Waals surface area contributed by atoms with E-state index in [1.54, 1.807) is 6.08 Å². The number of hydrogen-bond acceptors (Lipinski definition) is 3. The second-order valence-electron chi connectivity index (χ2n) is 2.04. The van der Waals surface area contributed by atoms with Gasteiger partial charge in [-0.15, -0.1) is 0 Å². The molecule has 0 unspecified atom stereocenters. The number of carbonyl (C=O) groups excluding carboxylic acids is 1. The molecule has 0 radical (unpaired) electrons. The Morgan fingerprint density at radius 1 is 1.80 bits per heavy atom. The molecular weight excluding hydrogens is 132 g/mol. The lowest BCUT2D eigenvalue weighted by molar-refractivity contribution is -0.119. The summed E-state index contributed by atoms with van der Waals surface area (Å²) in [5, 5.41) is 5.89. The Labute approximate surface area is 56.8 Å². The van der Waals surface area contributed by atoms with Gasteiger partial charge in [-0.25, -0.2) is 0 Å². The van der Waals surface area contributed by atoms with Crippen molar-refractivity contribution in [1.29, 1.82) is 0 Å². The lowest BCUT2D eigenvalue weighted by atomic mass is 10.2. The first kappa shape index (κ1) is 5.26. The zero-order valence-corrected chi connectivity index (χ0v) is 5.05. The average molecular weight is 136 g/mol. The second-order valence-corrected chi connectivity index (χ2v) is 2.04. The summed E-state index contributed by atoms with van der Waals surface area (Å²) < 4.78 is 0. The van der Waals surface area contributed by atoms with Gasteiger partial charge in [-0.2, -0.15) is 0 Å². The van der Waals surface area contributed by atoms with Gasteiger partial charge in [0.1, 0.15) is 0 Å². The zero-order valence-electron chi connectivity index (χ0n) is 5.05. The summed E-state index contributed by atoms with van der Waals surface area (Å²) >= 11 is 0. The molecular formula is C6H4N2O2. The molecule has 0 aromatic rings. The fourth-order valence-corrected chi connectivity index (χ4v) is 0.879. The Bertz CT molecular complexity index is 284. The van der Waals surface area contributed by atoms with E-state index in [1.807, 2.05) is 0 Å². The summed E-state index contributed by atoms with van der Waals surface area (Å²) in [6, 6.07) is 0. The quantitative estimate of drug-likeness (QED) is 0.505. The molecule has 0 aliphatic carbocycles. The van der Waals surface area contributed by atoms with E-state index in [0.29, 0.717) is 12.3 Å². The van der Waals surface area contributed by atoms with Crippen LogP contribution in [0.5, 0.6) is 0 Å².